The van der Waals surface area contributed by atoms with E-state index in [1.54, 1.807) is 0 Å². The Hall–Kier alpha value is -5.08. The standard InChI is InChI=1S/C54H58O10/c55-49-31-46(57-33-41-21-9-2-10-22-41)50(58-34-42-23-11-3-12-24-42)48(63-49)39-62-54-53(61-37-45-29-17-6-18-30-45)52(60-36-44-27-15-5-16-28-44)51(59-35-43-25-13-4-14-26-43)47(64-54)38-56-32-40-19-7-1-8-20-40/h1-30,46-55H,31-39H2/t46-,47-,48-,49?,50+,51+,52+,53-,54+/m1/s1. The zero-order valence-electron chi connectivity index (χ0n) is 36.0. The molecule has 2 heterocycles. The second-order valence-electron chi connectivity index (χ2n) is 16.1. The third-order valence-corrected chi connectivity index (χ3v) is 11.4. The first-order valence-electron chi connectivity index (χ1n) is 22.1. The molecular formula is C54H58O10. The first-order chi connectivity index (χ1) is 31.6. The smallest absolute Gasteiger partial charge is 0.187 e. The second kappa shape index (κ2) is 24.3. The van der Waals surface area contributed by atoms with E-state index in [0.717, 1.165) is 33.4 Å². The summed E-state index contributed by atoms with van der Waals surface area (Å²) in [4.78, 5) is 0. The van der Waals surface area contributed by atoms with Crippen LogP contribution in [0.15, 0.2) is 182 Å². The fourth-order valence-electron chi connectivity index (χ4n) is 8.03. The summed E-state index contributed by atoms with van der Waals surface area (Å²) in [6.45, 7) is 2.05. The van der Waals surface area contributed by atoms with E-state index in [4.69, 9.17) is 42.6 Å². The van der Waals surface area contributed by atoms with Gasteiger partial charge in [0, 0.05) is 6.42 Å². The van der Waals surface area contributed by atoms with E-state index in [0.29, 0.717) is 33.0 Å². The van der Waals surface area contributed by atoms with Crippen LogP contribution in [0.5, 0.6) is 0 Å². The van der Waals surface area contributed by atoms with Crippen LogP contribution in [0.2, 0.25) is 0 Å². The number of ether oxygens (including phenoxy) is 9. The summed E-state index contributed by atoms with van der Waals surface area (Å²) in [6.07, 6.45) is -6.44. The van der Waals surface area contributed by atoms with Crippen LogP contribution in [0.3, 0.4) is 0 Å². The Balaban J connectivity index is 1.09. The van der Waals surface area contributed by atoms with Crippen molar-refractivity contribution in [2.75, 3.05) is 13.2 Å². The number of aliphatic hydroxyl groups excluding tert-OH is 1. The third kappa shape index (κ3) is 13.5. The van der Waals surface area contributed by atoms with Gasteiger partial charge in [-0.2, -0.15) is 0 Å². The average Bonchev–Trinajstić information content (AvgIpc) is 3.35. The SMILES string of the molecule is OC1C[C@@H](OCc2ccccc2)[C@H](OCc2ccccc2)[C@@H](CO[C@H]2O[C@H](COCc3ccccc3)[C@H](OCc3ccccc3)[C@H](OCc3ccccc3)[C@H]2OCc2ccccc2)O1. The lowest BCUT2D eigenvalue weighted by atomic mass is 9.97. The van der Waals surface area contributed by atoms with Crippen molar-refractivity contribution in [3.63, 3.8) is 0 Å². The zero-order chi connectivity index (χ0) is 43.6. The highest BCUT2D eigenvalue weighted by Crippen LogP contribution is 2.33. The molecule has 2 saturated heterocycles. The molecule has 6 aromatic carbocycles. The summed E-state index contributed by atoms with van der Waals surface area (Å²) in [5.74, 6) is 0. The van der Waals surface area contributed by atoms with E-state index in [-0.39, 0.29) is 26.2 Å². The van der Waals surface area contributed by atoms with E-state index in [9.17, 15) is 5.11 Å². The molecule has 2 fully saturated rings. The van der Waals surface area contributed by atoms with Gasteiger partial charge in [0.15, 0.2) is 12.6 Å². The molecule has 0 aliphatic carbocycles. The lowest BCUT2D eigenvalue weighted by molar-refractivity contribution is -0.339. The maximum absolute atomic E-state index is 11.2. The monoisotopic (exact) mass is 866 g/mol. The van der Waals surface area contributed by atoms with Gasteiger partial charge in [0.2, 0.25) is 0 Å². The molecule has 0 spiro atoms. The van der Waals surface area contributed by atoms with Gasteiger partial charge >= 0.3 is 0 Å². The molecule has 64 heavy (non-hydrogen) atoms. The summed E-state index contributed by atoms with van der Waals surface area (Å²) < 4.78 is 60.2. The minimum atomic E-state index is -1.11. The Morgan fingerprint density at radius 2 is 0.719 bits per heavy atom. The molecule has 0 radical (unpaired) electrons. The number of benzene rings is 6. The first kappa shape index (κ1) is 45.5. The van der Waals surface area contributed by atoms with Crippen LogP contribution in [0.4, 0.5) is 0 Å². The van der Waals surface area contributed by atoms with E-state index in [2.05, 4.69) is 0 Å². The molecule has 334 valence electrons. The molecule has 0 amide bonds. The van der Waals surface area contributed by atoms with Crippen LogP contribution in [-0.2, 0) is 82.3 Å². The quantitative estimate of drug-likeness (QED) is 0.0712. The van der Waals surface area contributed by atoms with Crippen molar-refractivity contribution in [1.29, 1.82) is 0 Å². The molecule has 2 aliphatic rings. The minimum Gasteiger partial charge on any atom is -0.374 e. The molecule has 8 rings (SSSR count). The Morgan fingerprint density at radius 3 is 1.17 bits per heavy atom. The van der Waals surface area contributed by atoms with Gasteiger partial charge in [0.25, 0.3) is 0 Å². The zero-order valence-corrected chi connectivity index (χ0v) is 36.0. The number of hydrogen-bond donors (Lipinski definition) is 1. The van der Waals surface area contributed by atoms with Crippen molar-refractivity contribution in [2.24, 2.45) is 0 Å². The topological polar surface area (TPSA) is 103 Å². The van der Waals surface area contributed by atoms with Crippen molar-refractivity contribution in [1.82, 2.24) is 0 Å². The number of hydrogen-bond acceptors (Lipinski definition) is 10. The predicted octanol–water partition coefficient (Wildman–Crippen LogP) is 8.98. The van der Waals surface area contributed by atoms with E-state index in [1.165, 1.54) is 0 Å². The van der Waals surface area contributed by atoms with Crippen LogP contribution in [-0.4, -0.2) is 73.6 Å². The van der Waals surface area contributed by atoms with Crippen LogP contribution in [0.25, 0.3) is 0 Å². The van der Waals surface area contributed by atoms with Crippen LogP contribution >= 0.6 is 0 Å². The van der Waals surface area contributed by atoms with Crippen molar-refractivity contribution >= 4 is 0 Å². The van der Waals surface area contributed by atoms with Gasteiger partial charge in [-0.1, -0.05) is 182 Å². The predicted molar refractivity (Wildman–Crippen MR) is 241 cm³/mol. The Morgan fingerprint density at radius 1 is 0.359 bits per heavy atom. The first-order valence-corrected chi connectivity index (χ1v) is 22.1. The van der Waals surface area contributed by atoms with E-state index in [1.807, 2.05) is 182 Å². The Kier molecular flexibility index (Phi) is 17.3. The van der Waals surface area contributed by atoms with Crippen molar-refractivity contribution in [3.05, 3.63) is 215 Å². The molecule has 10 nitrogen and oxygen atoms in total. The van der Waals surface area contributed by atoms with Crippen LogP contribution in [0, 0.1) is 0 Å². The van der Waals surface area contributed by atoms with Gasteiger partial charge in [-0.25, -0.2) is 0 Å². The Labute approximate surface area is 376 Å². The normalized spacial score (nSPS) is 24.6. The molecule has 9 atom stereocenters. The fourth-order valence-corrected chi connectivity index (χ4v) is 8.03. The highest BCUT2D eigenvalue weighted by Gasteiger charge is 2.50. The summed E-state index contributed by atoms with van der Waals surface area (Å²) in [5, 5.41) is 11.2. The summed E-state index contributed by atoms with van der Waals surface area (Å²) in [7, 11) is 0. The molecule has 1 N–H and O–H groups in total. The van der Waals surface area contributed by atoms with Crippen molar-refractivity contribution < 1.29 is 47.7 Å². The molecule has 0 aromatic heterocycles. The fraction of sp³-hybridized carbons (Fsp3) is 0.333. The molecule has 10 heteroatoms. The van der Waals surface area contributed by atoms with Crippen molar-refractivity contribution in [3.8, 4) is 0 Å². The van der Waals surface area contributed by atoms with Crippen LogP contribution < -0.4 is 0 Å². The van der Waals surface area contributed by atoms with Crippen LogP contribution in [0.1, 0.15) is 39.8 Å². The van der Waals surface area contributed by atoms with Gasteiger partial charge < -0.3 is 47.7 Å². The van der Waals surface area contributed by atoms with Gasteiger partial charge in [-0.15, -0.1) is 0 Å². The minimum absolute atomic E-state index is 0.0177. The van der Waals surface area contributed by atoms with E-state index >= 15 is 0 Å². The summed E-state index contributed by atoms with van der Waals surface area (Å²) >= 11 is 0. The largest absolute Gasteiger partial charge is 0.374 e. The highest BCUT2D eigenvalue weighted by atomic mass is 16.7. The maximum atomic E-state index is 11.2. The molecule has 2 aliphatic heterocycles. The maximum Gasteiger partial charge on any atom is 0.187 e. The number of aliphatic hydroxyl groups is 1. The lowest BCUT2D eigenvalue weighted by Crippen LogP contribution is -2.62. The van der Waals surface area contributed by atoms with Gasteiger partial charge in [0.05, 0.1) is 59.0 Å². The molecule has 0 bridgehead atoms. The molecule has 6 aromatic rings. The third-order valence-electron chi connectivity index (χ3n) is 11.4. The van der Waals surface area contributed by atoms with Gasteiger partial charge in [-0.3, -0.25) is 0 Å². The lowest BCUT2D eigenvalue weighted by Gasteiger charge is -2.46. The van der Waals surface area contributed by atoms with Gasteiger partial charge in [0.1, 0.15) is 36.6 Å². The average molecular weight is 867 g/mol. The molecule has 0 saturated carbocycles. The van der Waals surface area contributed by atoms with Gasteiger partial charge in [-0.05, 0) is 33.4 Å². The summed E-state index contributed by atoms with van der Waals surface area (Å²) in [5.41, 5.74) is 6.03. The second-order valence-corrected chi connectivity index (χ2v) is 16.1. The number of rotatable bonds is 22. The Bertz CT molecular complexity index is 2170. The highest BCUT2D eigenvalue weighted by molar-refractivity contribution is 5.18. The van der Waals surface area contributed by atoms with Crippen molar-refractivity contribution in [2.45, 2.75) is 101 Å². The van der Waals surface area contributed by atoms with E-state index < -0.39 is 55.3 Å². The summed E-state index contributed by atoms with van der Waals surface area (Å²) in [6, 6.07) is 60.0. The molecule has 1 unspecified atom stereocenters. The molecular weight excluding hydrogens is 809 g/mol.